The van der Waals surface area contributed by atoms with Gasteiger partial charge in [0.25, 0.3) is 0 Å². The van der Waals surface area contributed by atoms with Crippen molar-refractivity contribution in [3.63, 3.8) is 0 Å². The molecule has 0 bridgehead atoms. The fourth-order valence-corrected chi connectivity index (χ4v) is 2.15. The highest BCUT2D eigenvalue weighted by molar-refractivity contribution is 6.00. The summed E-state index contributed by atoms with van der Waals surface area (Å²) in [6.45, 7) is 0. The average molecular weight is 286 g/mol. The number of para-hydroxylation sites is 1. The van der Waals surface area contributed by atoms with Gasteiger partial charge in [-0.15, -0.1) is 0 Å². The molecule has 0 aliphatic rings. The summed E-state index contributed by atoms with van der Waals surface area (Å²) in [5.74, 6) is 1.84. The van der Waals surface area contributed by atoms with Gasteiger partial charge in [0.2, 0.25) is 0 Å². The number of carbonyl (C=O) groups is 1. The first-order valence-corrected chi connectivity index (χ1v) is 6.56. The number of ketones is 1. The molecule has 0 fully saturated rings. The van der Waals surface area contributed by atoms with Gasteiger partial charge in [-0.25, -0.2) is 0 Å². The number of methoxy groups -OCH3 is 3. The van der Waals surface area contributed by atoms with Crippen LogP contribution < -0.4 is 14.2 Å². The summed E-state index contributed by atoms with van der Waals surface area (Å²) < 4.78 is 15.7. The molecule has 2 aromatic rings. The van der Waals surface area contributed by atoms with Gasteiger partial charge in [0.1, 0.15) is 17.2 Å². The van der Waals surface area contributed by atoms with Crippen molar-refractivity contribution in [2.45, 2.75) is 6.42 Å². The molecule has 110 valence electrons. The number of benzene rings is 2. The summed E-state index contributed by atoms with van der Waals surface area (Å²) in [4.78, 5) is 12.5. The van der Waals surface area contributed by atoms with Gasteiger partial charge in [-0.05, 0) is 18.2 Å². The number of hydrogen-bond acceptors (Lipinski definition) is 4. The van der Waals surface area contributed by atoms with Gasteiger partial charge >= 0.3 is 0 Å². The Morgan fingerprint density at radius 3 is 2.29 bits per heavy atom. The van der Waals surface area contributed by atoms with Gasteiger partial charge < -0.3 is 14.2 Å². The van der Waals surface area contributed by atoms with E-state index in [4.69, 9.17) is 14.2 Å². The van der Waals surface area contributed by atoms with Crippen molar-refractivity contribution < 1.29 is 19.0 Å². The van der Waals surface area contributed by atoms with E-state index in [-0.39, 0.29) is 12.2 Å². The van der Waals surface area contributed by atoms with Crippen LogP contribution in [0.4, 0.5) is 0 Å². The van der Waals surface area contributed by atoms with Crippen LogP contribution in [0.15, 0.2) is 42.5 Å². The molecule has 0 atom stereocenters. The standard InChI is InChI=1S/C17H18O4/c1-19-13-8-9-14(17(11-13)21-3)15(18)10-12-6-4-5-7-16(12)20-2/h4-9,11H,10H2,1-3H3. The molecule has 0 amide bonds. The lowest BCUT2D eigenvalue weighted by Gasteiger charge is -2.11. The van der Waals surface area contributed by atoms with E-state index in [1.807, 2.05) is 24.3 Å². The molecule has 0 saturated heterocycles. The molecule has 0 spiro atoms. The van der Waals surface area contributed by atoms with Crippen LogP contribution in [0.5, 0.6) is 17.2 Å². The van der Waals surface area contributed by atoms with Crippen molar-refractivity contribution >= 4 is 5.78 Å². The molecule has 0 saturated carbocycles. The molecular formula is C17H18O4. The van der Waals surface area contributed by atoms with Crippen LogP contribution in [0, 0.1) is 0 Å². The second-order valence-electron chi connectivity index (χ2n) is 4.48. The Morgan fingerprint density at radius 1 is 0.905 bits per heavy atom. The third-order valence-electron chi connectivity index (χ3n) is 3.25. The summed E-state index contributed by atoms with van der Waals surface area (Å²) in [5, 5.41) is 0. The molecule has 0 aliphatic heterocycles. The Bertz CT molecular complexity index is 634. The minimum absolute atomic E-state index is 0.0287. The third kappa shape index (κ3) is 3.34. The second kappa shape index (κ2) is 6.79. The lowest BCUT2D eigenvalue weighted by atomic mass is 10.0. The van der Waals surface area contributed by atoms with E-state index in [9.17, 15) is 4.79 Å². The maximum atomic E-state index is 12.5. The Hall–Kier alpha value is -2.49. The van der Waals surface area contributed by atoms with Crippen LogP contribution in [0.25, 0.3) is 0 Å². The van der Waals surface area contributed by atoms with Crippen LogP contribution in [0.3, 0.4) is 0 Å². The van der Waals surface area contributed by atoms with Crippen molar-refractivity contribution in [2.75, 3.05) is 21.3 Å². The van der Waals surface area contributed by atoms with Crippen molar-refractivity contribution in [1.29, 1.82) is 0 Å². The first-order valence-electron chi connectivity index (χ1n) is 6.56. The Balaban J connectivity index is 2.28. The molecule has 2 rings (SSSR count). The number of rotatable bonds is 6. The summed E-state index contributed by atoms with van der Waals surface area (Å²) in [6, 6.07) is 12.7. The monoisotopic (exact) mass is 286 g/mol. The van der Waals surface area contributed by atoms with Crippen molar-refractivity contribution in [3.8, 4) is 17.2 Å². The average Bonchev–Trinajstić information content (AvgIpc) is 2.54. The van der Waals surface area contributed by atoms with Crippen LogP contribution >= 0.6 is 0 Å². The van der Waals surface area contributed by atoms with Gasteiger partial charge in [-0.1, -0.05) is 18.2 Å². The molecular weight excluding hydrogens is 268 g/mol. The highest BCUT2D eigenvalue weighted by atomic mass is 16.5. The number of hydrogen-bond donors (Lipinski definition) is 0. The van der Waals surface area contributed by atoms with Gasteiger partial charge in [-0.3, -0.25) is 4.79 Å². The van der Waals surface area contributed by atoms with E-state index in [1.54, 1.807) is 32.4 Å². The van der Waals surface area contributed by atoms with Gasteiger partial charge in [0.15, 0.2) is 5.78 Å². The largest absolute Gasteiger partial charge is 0.497 e. The first-order chi connectivity index (χ1) is 10.2. The van der Waals surface area contributed by atoms with Gasteiger partial charge in [0.05, 0.1) is 26.9 Å². The van der Waals surface area contributed by atoms with Crippen LogP contribution in [-0.4, -0.2) is 27.1 Å². The lowest BCUT2D eigenvalue weighted by molar-refractivity contribution is 0.0989. The fraction of sp³-hybridized carbons (Fsp3) is 0.235. The molecule has 4 heteroatoms. The maximum absolute atomic E-state index is 12.5. The van der Waals surface area contributed by atoms with E-state index in [2.05, 4.69) is 0 Å². The predicted molar refractivity (Wildman–Crippen MR) is 80.6 cm³/mol. The molecule has 0 heterocycles. The number of carbonyl (C=O) groups excluding carboxylic acids is 1. The van der Waals surface area contributed by atoms with E-state index in [0.717, 1.165) is 5.56 Å². The quantitative estimate of drug-likeness (QED) is 0.765. The molecule has 0 N–H and O–H groups in total. The predicted octanol–water partition coefficient (Wildman–Crippen LogP) is 3.14. The molecule has 0 aliphatic carbocycles. The zero-order valence-corrected chi connectivity index (χ0v) is 12.4. The topological polar surface area (TPSA) is 44.8 Å². The summed E-state index contributed by atoms with van der Waals surface area (Å²) in [7, 11) is 4.71. The summed E-state index contributed by atoms with van der Waals surface area (Å²) in [6.07, 6.45) is 0.257. The molecule has 0 aromatic heterocycles. The Kier molecular flexibility index (Phi) is 4.82. The van der Waals surface area contributed by atoms with Crippen LogP contribution in [0.1, 0.15) is 15.9 Å². The SMILES string of the molecule is COc1ccc(C(=O)Cc2ccccc2OC)c(OC)c1. The zero-order chi connectivity index (χ0) is 15.2. The smallest absolute Gasteiger partial charge is 0.171 e. The molecule has 21 heavy (non-hydrogen) atoms. The normalized spacial score (nSPS) is 10.0. The van der Waals surface area contributed by atoms with Gasteiger partial charge in [-0.2, -0.15) is 0 Å². The van der Waals surface area contributed by atoms with Crippen molar-refractivity contribution in [1.82, 2.24) is 0 Å². The van der Waals surface area contributed by atoms with Crippen molar-refractivity contribution in [3.05, 3.63) is 53.6 Å². The number of ether oxygens (including phenoxy) is 3. The van der Waals surface area contributed by atoms with Gasteiger partial charge in [0, 0.05) is 18.1 Å². The van der Waals surface area contributed by atoms with E-state index in [1.165, 1.54) is 7.11 Å². The fourth-order valence-electron chi connectivity index (χ4n) is 2.15. The van der Waals surface area contributed by atoms with E-state index in [0.29, 0.717) is 22.8 Å². The highest BCUT2D eigenvalue weighted by Crippen LogP contribution is 2.27. The minimum Gasteiger partial charge on any atom is -0.497 e. The first kappa shape index (κ1) is 14.9. The van der Waals surface area contributed by atoms with Crippen molar-refractivity contribution in [2.24, 2.45) is 0 Å². The van der Waals surface area contributed by atoms with Crippen LogP contribution in [-0.2, 0) is 6.42 Å². The number of Topliss-reactive ketones (excluding diaryl/α,β-unsaturated/α-hetero) is 1. The molecule has 0 radical (unpaired) electrons. The Morgan fingerprint density at radius 2 is 1.62 bits per heavy atom. The highest BCUT2D eigenvalue weighted by Gasteiger charge is 2.15. The zero-order valence-electron chi connectivity index (χ0n) is 12.4. The van der Waals surface area contributed by atoms with Crippen LogP contribution in [0.2, 0.25) is 0 Å². The maximum Gasteiger partial charge on any atom is 0.171 e. The minimum atomic E-state index is -0.0287. The second-order valence-corrected chi connectivity index (χ2v) is 4.48. The molecule has 0 unspecified atom stereocenters. The molecule has 4 nitrogen and oxygen atoms in total. The van der Waals surface area contributed by atoms with E-state index < -0.39 is 0 Å². The third-order valence-corrected chi connectivity index (χ3v) is 3.25. The van der Waals surface area contributed by atoms with E-state index >= 15 is 0 Å². The summed E-state index contributed by atoms with van der Waals surface area (Å²) >= 11 is 0. The molecule has 2 aromatic carbocycles. The summed E-state index contributed by atoms with van der Waals surface area (Å²) in [5.41, 5.74) is 1.38. The Labute approximate surface area is 124 Å². The lowest BCUT2D eigenvalue weighted by Crippen LogP contribution is -2.07.